The van der Waals surface area contributed by atoms with Gasteiger partial charge in [0.1, 0.15) is 24.6 Å². The molecular formula is C18H29N5O5. The molecule has 10 heteroatoms. The molecule has 156 valence electrons. The van der Waals surface area contributed by atoms with Crippen molar-refractivity contribution in [1.29, 1.82) is 0 Å². The Morgan fingerprint density at radius 3 is 2.68 bits per heavy atom. The highest BCUT2D eigenvalue weighted by Crippen LogP contribution is 2.32. The van der Waals surface area contributed by atoms with Gasteiger partial charge in [-0.15, -0.1) is 0 Å². The molecular weight excluding hydrogens is 366 g/mol. The molecule has 1 fully saturated rings. The Kier molecular flexibility index (Phi) is 6.78. The van der Waals surface area contributed by atoms with Gasteiger partial charge in [-0.25, -0.2) is 15.0 Å². The van der Waals surface area contributed by atoms with E-state index in [-0.39, 0.29) is 6.04 Å². The van der Waals surface area contributed by atoms with E-state index in [1.807, 2.05) is 0 Å². The van der Waals surface area contributed by atoms with E-state index in [2.05, 4.69) is 27.2 Å². The van der Waals surface area contributed by atoms with E-state index in [1.165, 1.54) is 17.2 Å². The maximum atomic E-state index is 10.3. The van der Waals surface area contributed by atoms with Crippen LogP contribution < -0.4 is 5.32 Å². The first-order valence-corrected chi connectivity index (χ1v) is 9.70. The summed E-state index contributed by atoms with van der Waals surface area (Å²) in [5.41, 5.74) is 0.950. The van der Waals surface area contributed by atoms with Gasteiger partial charge in [0.15, 0.2) is 23.2 Å². The van der Waals surface area contributed by atoms with Crippen LogP contribution in [0.25, 0.3) is 11.2 Å². The first kappa shape index (κ1) is 20.9. The number of fused-ring (bicyclic) bond motifs is 1. The second-order valence-electron chi connectivity index (χ2n) is 7.34. The number of aliphatic hydroxyl groups is 4. The van der Waals surface area contributed by atoms with Crippen LogP contribution in [0.3, 0.4) is 0 Å². The lowest BCUT2D eigenvalue weighted by atomic mass is 10.0. The normalized spacial score (nSPS) is 27.2. The van der Waals surface area contributed by atoms with Gasteiger partial charge in [-0.2, -0.15) is 0 Å². The Balaban J connectivity index is 1.86. The maximum absolute atomic E-state index is 10.3. The lowest BCUT2D eigenvalue weighted by Gasteiger charge is -2.21. The maximum Gasteiger partial charge on any atom is 0.167 e. The monoisotopic (exact) mass is 395 g/mol. The average Bonchev–Trinajstić information content (AvgIpc) is 3.21. The van der Waals surface area contributed by atoms with E-state index >= 15 is 0 Å². The number of anilines is 1. The van der Waals surface area contributed by atoms with E-state index in [4.69, 9.17) is 4.74 Å². The van der Waals surface area contributed by atoms with Crippen LogP contribution in [-0.2, 0) is 4.74 Å². The number of unbranched alkanes of at least 4 members (excludes halogenated alkanes) is 1. The minimum absolute atomic E-state index is 0.0390. The molecule has 0 aromatic carbocycles. The van der Waals surface area contributed by atoms with Gasteiger partial charge in [0, 0.05) is 6.04 Å². The molecule has 28 heavy (non-hydrogen) atoms. The zero-order valence-electron chi connectivity index (χ0n) is 16.1. The van der Waals surface area contributed by atoms with Gasteiger partial charge in [0.2, 0.25) is 0 Å². The van der Waals surface area contributed by atoms with Crippen molar-refractivity contribution in [2.24, 2.45) is 0 Å². The minimum Gasteiger partial charge on any atom is -0.394 e. The fourth-order valence-corrected chi connectivity index (χ4v) is 3.56. The zero-order chi connectivity index (χ0) is 20.3. The van der Waals surface area contributed by atoms with E-state index in [0.29, 0.717) is 23.4 Å². The minimum atomic E-state index is -1.21. The predicted octanol–water partition coefficient (Wildman–Crippen LogP) is 0.179. The number of hydrogen-bond acceptors (Lipinski definition) is 9. The Bertz CT molecular complexity index is 770. The highest BCUT2D eigenvalue weighted by molar-refractivity contribution is 5.82. The largest absolute Gasteiger partial charge is 0.394 e. The molecule has 6 atom stereocenters. The topological polar surface area (TPSA) is 146 Å². The Morgan fingerprint density at radius 1 is 1.25 bits per heavy atom. The van der Waals surface area contributed by atoms with Crippen LogP contribution in [0.1, 0.15) is 45.8 Å². The standard InChI is InChI=1S/C18H29N5O5/c1-3-4-5-11(6-10(2)25)22-16-13-17(20-8-19-16)23(9-21-13)18-15(27)14(26)12(7-24)28-18/h8-12,14-15,18,24-27H,3-7H2,1-2H3,(H,19,20,22)/t10?,11?,12-,14-,15-,18-/m1/s1. The van der Waals surface area contributed by atoms with Gasteiger partial charge in [0.05, 0.1) is 19.0 Å². The van der Waals surface area contributed by atoms with Crippen LogP contribution >= 0.6 is 0 Å². The number of imidazole rings is 1. The molecule has 0 radical (unpaired) electrons. The number of hydrogen-bond donors (Lipinski definition) is 5. The second-order valence-corrected chi connectivity index (χ2v) is 7.34. The van der Waals surface area contributed by atoms with Crippen LogP contribution in [0, 0.1) is 0 Å². The summed E-state index contributed by atoms with van der Waals surface area (Å²) in [4.78, 5) is 12.9. The third-order valence-corrected chi connectivity index (χ3v) is 5.02. The van der Waals surface area contributed by atoms with Gasteiger partial charge in [-0.1, -0.05) is 19.8 Å². The first-order chi connectivity index (χ1) is 13.5. The van der Waals surface area contributed by atoms with Crippen LogP contribution in [0.4, 0.5) is 5.82 Å². The molecule has 0 saturated carbocycles. The van der Waals surface area contributed by atoms with Crippen molar-refractivity contribution in [1.82, 2.24) is 19.5 Å². The molecule has 1 saturated heterocycles. The van der Waals surface area contributed by atoms with Crippen LogP contribution in [0.15, 0.2) is 12.7 Å². The average molecular weight is 395 g/mol. The second kappa shape index (κ2) is 9.10. The quantitative estimate of drug-likeness (QED) is 0.401. The molecule has 0 spiro atoms. The molecule has 2 aromatic heterocycles. The fourth-order valence-electron chi connectivity index (χ4n) is 3.56. The number of nitrogens with one attached hydrogen (secondary N) is 1. The lowest BCUT2D eigenvalue weighted by Crippen LogP contribution is -2.33. The van der Waals surface area contributed by atoms with Gasteiger partial charge in [-0.05, 0) is 19.8 Å². The highest BCUT2D eigenvalue weighted by atomic mass is 16.6. The van der Waals surface area contributed by atoms with Gasteiger partial charge < -0.3 is 30.5 Å². The van der Waals surface area contributed by atoms with Gasteiger partial charge >= 0.3 is 0 Å². The van der Waals surface area contributed by atoms with Crippen molar-refractivity contribution in [3.8, 4) is 0 Å². The predicted molar refractivity (Wildman–Crippen MR) is 102 cm³/mol. The fraction of sp³-hybridized carbons (Fsp3) is 0.722. The van der Waals surface area contributed by atoms with E-state index in [9.17, 15) is 20.4 Å². The van der Waals surface area contributed by atoms with Crippen molar-refractivity contribution in [3.05, 3.63) is 12.7 Å². The molecule has 1 aliphatic rings. The smallest absolute Gasteiger partial charge is 0.167 e. The number of nitrogens with zero attached hydrogens (tertiary/aromatic N) is 4. The molecule has 0 amide bonds. The molecule has 2 aromatic rings. The third-order valence-electron chi connectivity index (χ3n) is 5.02. The lowest BCUT2D eigenvalue weighted by molar-refractivity contribution is -0.0511. The number of aliphatic hydroxyl groups excluding tert-OH is 4. The van der Waals surface area contributed by atoms with Crippen molar-refractivity contribution in [2.45, 2.75) is 76.2 Å². The zero-order valence-corrected chi connectivity index (χ0v) is 16.1. The molecule has 5 N–H and O–H groups in total. The third kappa shape index (κ3) is 4.26. The summed E-state index contributed by atoms with van der Waals surface area (Å²) in [5.74, 6) is 0.539. The molecule has 3 heterocycles. The number of rotatable bonds is 9. The molecule has 3 rings (SSSR count). The molecule has 10 nitrogen and oxygen atoms in total. The van der Waals surface area contributed by atoms with Crippen LogP contribution in [-0.4, -0.2) is 77.0 Å². The summed E-state index contributed by atoms with van der Waals surface area (Å²) in [5, 5.41) is 42.7. The number of aromatic nitrogens is 4. The molecule has 1 aliphatic heterocycles. The number of ether oxygens (including phenoxy) is 1. The van der Waals surface area contributed by atoms with Crippen LogP contribution in [0.5, 0.6) is 0 Å². The summed E-state index contributed by atoms with van der Waals surface area (Å²) >= 11 is 0. The Labute approximate surface area is 163 Å². The first-order valence-electron chi connectivity index (χ1n) is 9.70. The highest BCUT2D eigenvalue weighted by Gasteiger charge is 2.44. The van der Waals surface area contributed by atoms with E-state index in [1.54, 1.807) is 6.92 Å². The van der Waals surface area contributed by atoms with E-state index < -0.39 is 37.3 Å². The Morgan fingerprint density at radius 2 is 2.04 bits per heavy atom. The summed E-state index contributed by atoms with van der Waals surface area (Å²) in [7, 11) is 0. The summed E-state index contributed by atoms with van der Waals surface area (Å²) in [6.07, 6.45) is 1.78. The van der Waals surface area contributed by atoms with Crippen molar-refractivity contribution >= 4 is 17.0 Å². The summed E-state index contributed by atoms with van der Waals surface area (Å²) in [6, 6.07) is 0.0390. The summed E-state index contributed by atoms with van der Waals surface area (Å²) in [6.45, 7) is 3.47. The summed E-state index contributed by atoms with van der Waals surface area (Å²) < 4.78 is 7.10. The van der Waals surface area contributed by atoms with Crippen molar-refractivity contribution < 1.29 is 25.2 Å². The van der Waals surface area contributed by atoms with Crippen molar-refractivity contribution in [2.75, 3.05) is 11.9 Å². The Hall–Kier alpha value is -1.85. The molecule has 0 aliphatic carbocycles. The SMILES string of the molecule is CCCCC(CC(C)O)Nc1ncnc2c1ncn2[C@@H]1O[C@H](CO)[C@@H](O)[C@H]1O. The van der Waals surface area contributed by atoms with Crippen molar-refractivity contribution in [3.63, 3.8) is 0 Å². The van der Waals surface area contributed by atoms with Gasteiger partial charge in [-0.3, -0.25) is 4.57 Å². The van der Waals surface area contributed by atoms with Crippen LogP contribution in [0.2, 0.25) is 0 Å². The molecule has 2 unspecified atom stereocenters. The van der Waals surface area contributed by atoms with E-state index in [0.717, 1.165) is 19.3 Å². The molecule has 0 bridgehead atoms. The van der Waals surface area contributed by atoms with Gasteiger partial charge in [0.25, 0.3) is 0 Å².